The number of hydrogen-bond donors (Lipinski definition) is 2. The molecule has 0 saturated heterocycles. The van der Waals surface area contributed by atoms with Gasteiger partial charge in [-0.3, -0.25) is 5.10 Å². The predicted octanol–water partition coefficient (Wildman–Crippen LogP) is 3.74. The minimum absolute atomic E-state index is 0.101. The highest BCUT2D eigenvalue weighted by atomic mass is 16.5. The number of allylic oxidation sites excluding steroid dienone is 1. The lowest BCUT2D eigenvalue weighted by molar-refractivity contribution is 0.379. The molecule has 3 N–H and O–H groups in total. The highest BCUT2D eigenvalue weighted by Crippen LogP contribution is 2.46. The van der Waals surface area contributed by atoms with Gasteiger partial charge >= 0.3 is 0 Å². The van der Waals surface area contributed by atoms with Crippen molar-refractivity contribution < 1.29 is 9.47 Å². The van der Waals surface area contributed by atoms with Crippen LogP contribution >= 0.6 is 0 Å². The maximum absolute atomic E-state index is 9.83. The topological polar surface area (TPSA) is 97.0 Å². The van der Waals surface area contributed by atoms with Gasteiger partial charge in [0, 0.05) is 16.6 Å². The zero-order valence-electron chi connectivity index (χ0n) is 15.2. The summed E-state index contributed by atoms with van der Waals surface area (Å²) in [4.78, 5) is 0. The van der Waals surface area contributed by atoms with E-state index < -0.39 is 0 Å². The van der Waals surface area contributed by atoms with Gasteiger partial charge in [-0.15, -0.1) is 5.10 Å². The zero-order valence-corrected chi connectivity index (χ0v) is 15.2. The highest BCUT2D eigenvalue weighted by molar-refractivity contribution is 5.92. The fourth-order valence-corrected chi connectivity index (χ4v) is 3.78. The van der Waals surface area contributed by atoms with Gasteiger partial charge in [-0.05, 0) is 23.4 Å². The van der Waals surface area contributed by atoms with Gasteiger partial charge in [0.05, 0.1) is 13.0 Å². The van der Waals surface area contributed by atoms with E-state index in [0.29, 0.717) is 11.5 Å². The second-order valence-electron chi connectivity index (χ2n) is 6.50. The van der Waals surface area contributed by atoms with Gasteiger partial charge in [0.1, 0.15) is 17.4 Å². The van der Waals surface area contributed by atoms with Gasteiger partial charge in [0.2, 0.25) is 11.8 Å². The Morgan fingerprint density at radius 3 is 2.74 bits per heavy atom. The van der Waals surface area contributed by atoms with E-state index in [0.717, 1.165) is 46.2 Å². The van der Waals surface area contributed by atoms with Gasteiger partial charge in [0.25, 0.3) is 0 Å². The van der Waals surface area contributed by atoms with Crippen LogP contribution in [0.15, 0.2) is 47.9 Å². The van der Waals surface area contributed by atoms with Crippen molar-refractivity contribution in [3.8, 4) is 17.7 Å². The molecular formula is C21H20N4O2. The third-order valence-corrected chi connectivity index (χ3v) is 4.97. The summed E-state index contributed by atoms with van der Waals surface area (Å²) in [6.45, 7) is 2.10. The van der Waals surface area contributed by atoms with Gasteiger partial charge in [-0.25, -0.2) is 0 Å². The number of fused-ring (bicyclic) bond motifs is 2. The Morgan fingerprint density at radius 1 is 1.26 bits per heavy atom. The molecule has 27 heavy (non-hydrogen) atoms. The van der Waals surface area contributed by atoms with Crippen LogP contribution in [0.3, 0.4) is 0 Å². The summed E-state index contributed by atoms with van der Waals surface area (Å²) in [5.41, 5.74) is 9.31. The van der Waals surface area contributed by atoms with Crippen molar-refractivity contribution in [3.63, 3.8) is 0 Å². The van der Waals surface area contributed by atoms with Crippen LogP contribution in [0.2, 0.25) is 0 Å². The maximum atomic E-state index is 9.83. The number of benzene rings is 2. The zero-order chi connectivity index (χ0) is 19.0. The second kappa shape index (κ2) is 6.69. The number of nitriles is 1. The predicted molar refractivity (Wildman–Crippen MR) is 102 cm³/mol. The Morgan fingerprint density at radius 2 is 2.04 bits per heavy atom. The Balaban J connectivity index is 2.02. The second-order valence-corrected chi connectivity index (χ2v) is 6.50. The average molecular weight is 360 g/mol. The van der Waals surface area contributed by atoms with Gasteiger partial charge < -0.3 is 15.2 Å². The van der Waals surface area contributed by atoms with Crippen LogP contribution < -0.4 is 15.2 Å². The van der Waals surface area contributed by atoms with Crippen LogP contribution in [0, 0.1) is 11.3 Å². The van der Waals surface area contributed by atoms with Gasteiger partial charge in [0.15, 0.2) is 0 Å². The molecule has 0 unspecified atom stereocenters. The summed E-state index contributed by atoms with van der Waals surface area (Å²) < 4.78 is 11.2. The SMILES string of the molecule is CCCc1[nH]nc2c1[C@@H](c1ccc(OC)c3ccccc13)C(C#N)=C(N)O2. The first-order valence-electron chi connectivity index (χ1n) is 8.89. The standard InChI is InChI=1S/C21H20N4O2/c1-3-6-16-19-18(15(11-22)20(23)27-21(19)25-24-16)14-9-10-17(26-2)13-8-5-4-7-12(13)14/h4-5,7-10,18H,3,6,23H2,1-2H3,(H,24,25)/t18-/m0/s1. The minimum Gasteiger partial charge on any atom is -0.496 e. The van der Waals surface area contributed by atoms with E-state index in [1.807, 2.05) is 36.4 Å². The monoisotopic (exact) mass is 360 g/mol. The van der Waals surface area contributed by atoms with E-state index in [1.54, 1.807) is 7.11 Å². The lowest BCUT2D eigenvalue weighted by atomic mass is 9.81. The van der Waals surface area contributed by atoms with Crippen molar-refractivity contribution in [1.82, 2.24) is 10.2 Å². The maximum Gasteiger partial charge on any atom is 0.244 e. The molecule has 0 amide bonds. The average Bonchev–Trinajstić information content (AvgIpc) is 3.08. The molecule has 136 valence electrons. The first-order chi connectivity index (χ1) is 13.2. The van der Waals surface area contributed by atoms with E-state index in [2.05, 4.69) is 23.2 Å². The molecule has 0 fully saturated rings. The molecule has 1 atom stereocenters. The molecule has 6 nitrogen and oxygen atoms in total. The van der Waals surface area contributed by atoms with Gasteiger partial charge in [-0.2, -0.15) is 5.26 Å². The Hall–Kier alpha value is -3.46. The van der Waals surface area contributed by atoms with Crippen molar-refractivity contribution in [2.24, 2.45) is 5.73 Å². The van der Waals surface area contributed by atoms with Crippen molar-refractivity contribution in [1.29, 1.82) is 5.26 Å². The van der Waals surface area contributed by atoms with E-state index >= 15 is 0 Å². The van der Waals surface area contributed by atoms with Crippen LogP contribution in [-0.2, 0) is 6.42 Å². The fourth-order valence-electron chi connectivity index (χ4n) is 3.78. The lowest BCUT2D eigenvalue weighted by Crippen LogP contribution is -2.21. The number of methoxy groups -OCH3 is 1. The van der Waals surface area contributed by atoms with Crippen molar-refractivity contribution in [2.75, 3.05) is 7.11 Å². The van der Waals surface area contributed by atoms with Gasteiger partial charge in [-0.1, -0.05) is 43.7 Å². The summed E-state index contributed by atoms with van der Waals surface area (Å²) in [6.07, 6.45) is 1.76. The number of ether oxygens (including phenoxy) is 2. The summed E-state index contributed by atoms with van der Waals surface area (Å²) in [5.74, 6) is 0.997. The Labute approximate surface area is 157 Å². The number of aryl methyl sites for hydroxylation is 1. The summed E-state index contributed by atoms with van der Waals surface area (Å²) in [7, 11) is 1.65. The van der Waals surface area contributed by atoms with E-state index in [1.165, 1.54) is 0 Å². The normalized spacial score (nSPS) is 16.0. The third kappa shape index (κ3) is 2.59. The van der Waals surface area contributed by atoms with Crippen LogP contribution in [0.25, 0.3) is 10.8 Å². The third-order valence-electron chi connectivity index (χ3n) is 4.97. The number of nitrogens with two attached hydrogens (primary N) is 1. The molecule has 2 heterocycles. The molecular weight excluding hydrogens is 340 g/mol. The fraction of sp³-hybridized carbons (Fsp3) is 0.238. The summed E-state index contributed by atoms with van der Waals surface area (Å²) >= 11 is 0. The van der Waals surface area contributed by atoms with Crippen LogP contribution in [0.4, 0.5) is 0 Å². The first-order valence-corrected chi connectivity index (χ1v) is 8.89. The molecule has 0 spiro atoms. The van der Waals surface area contributed by atoms with E-state index in [-0.39, 0.29) is 11.8 Å². The van der Waals surface area contributed by atoms with Crippen molar-refractivity contribution >= 4 is 10.8 Å². The van der Waals surface area contributed by atoms with Crippen molar-refractivity contribution in [3.05, 3.63) is 64.7 Å². The van der Waals surface area contributed by atoms with Crippen LogP contribution in [0.5, 0.6) is 11.6 Å². The first kappa shape index (κ1) is 17.0. The van der Waals surface area contributed by atoms with Crippen molar-refractivity contribution in [2.45, 2.75) is 25.7 Å². The number of rotatable bonds is 4. The number of nitrogens with zero attached hydrogens (tertiary/aromatic N) is 2. The number of nitrogens with one attached hydrogen (secondary N) is 1. The molecule has 0 bridgehead atoms. The van der Waals surface area contributed by atoms with Crippen LogP contribution in [-0.4, -0.2) is 17.3 Å². The molecule has 1 aliphatic heterocycles. The molecule has 6 heteroatoms. The van der Waals surface area contributed by atoms with Crippen LogP contribution in [0.1, 0.15) is 36.1 Å². The number of aromatic nitrogens is 2. The van der Waals surface area contributed by atoms with E-state index in [9.17, 15) is 5.26 Å². The summed E-state index contributed by atoms with van der Waals surface area (Å²) in [6, 6.07) is 14.2. The molecule has 0 aliphatic carbocycles. The molecule has 4 rings (SSSR count). The quantitative estimate of drug-likeness (QED) is 0.739. The smallest absolute Gasteiger partial charge is 0.244 e. The number of H-pyrrole nitrogens is 1. The summed E-state index contributed by atoms with van der Waals surface area (Å²) in [5, 5.41) is 19.2. The molecule has 2 aromatic carbocycles. The molecule has 1 aliphatic rings. The Bertz CT molecular complexity index is 1090. The molecule has 0 radical (unpaired) electrons. The Kier molecular flexibility index (Phi) is 4.21. The van der Waals surface area contributed by atoms with E-state index in [4.69, 9.17) is 15.2 Å². The minimum atomic E-state index is -0.338. The number of aromatic amines is 1. The molecule has 0 saturated carbocycles. The number of hydrogen-bond acceptors (Lipinski definition) is 5. The molecule has 3 aromatic rings. The largest absolute Gasteiger partial charge is 0.496 e. The highest BCUT2D eigenvalue weighted by Gasteiger charge is 2.35. The molecule has 1 aromatic heterocycles. The lowest BCUT2D eigenvalue weighted by Gasteiger charge is -2.25.